The lowest BCUT2D eigenvalue weighted by Crippen LogP contribution is -1.67. The fourth-order valence-electron chi connectivity index (χ4n) is 0.542. The molecule has 1 rings (SSSR count). The zero-order valence-corrected chi connectivity index (χ0v) is 6.82. The lowest BCUT2D eigenvalue weighted by Gasteiger charge is -1.88. The van der Waals surface area contributed by atoms with Crippen molar-refractivity contribution < 1.29 is 19.2 Å². The molecule has 0 aromatic heterocycles. The minimum atomic E-state index is -4.64. The summed E-state index contributed by atoms with van der Waals surface area (Å²) in [6.07, 6.45) is 11.0. The van der Waals surface area contributed by atoms with E-state index in [-0.39, 0.29) is 0 Å². The molecule has 0 spiro atoms. The summed E-state index contributed by atoms with van der Waals surface area (Å²) in [6, 6.07) is 0. The van der Waals surface area contributed by atoms with Crippen molar-refractivity contribution in [3.63, 3.8) is 0 Å². The molecule has 1 aliphatic rings. The molecule has 0 aromatic rings. The van der Waals surface area contributed by atoms with Crippen LogP contribution in [0.1, 0.15) is 12.8 Å². The second-order valence-electron chi connectivity index (χ2n) is 1.95. The Morgan fingerprint density at radius 3 is 1.36 bits per heavy atom. The highest BCUT2D eigenvalue weighted by Crippen LogP contribution is 2.25. The molecule has 0 heterocycles. The van der Waals surface area contributed by atoms with Crippen LogP contribution in [0, 0.1) is 0 Å². The van der Waals surface area contributed by atoms with Gasteiger partial charge < -0.3 is 14.7 Å². The maximum atomic E-state index is 8.88. The van der Waals surface area contributed by atoms with E-state index in [4.69, 9.17) is 19.2 Å². The molecule has 0 saturated heterocycles. The van der Waals surface area contributed by atoms with E-state index in [0.717, 1.165) is 0 Å². The molecule has 5 heteroatoms. The third kappa shape index (κ3) is 17.7. The highest BCUT2D eigenvalue weighted by molar-refractivity contribution is 7.45. The Balaban J connectivity index is 0.000000187. The monoisotopic (exact) mass is 178 g/mol. The quantitative estimate of drug-likeness (QED) is 0.483. The van der Waals surface area contributed by atoms with Gasteiger partial charge >= 0.3 is 7.82 Å². The molecular weight excluding hydrogens is 167 g/mol. The van der Waals surface area contributed by atoms with Gasteiger partial charge in [0.25, 0.3) is 0 Å². The molecule has 0 radical (unpaired) electrons. The Bertz CT molecular complexity index is 170. The number of allylic oxidation sites excluding steroid dienone is 4. The summed E-state index contributed by atoms with van der Waals surface area (Å²) >= 11 is 0. The minimum absolute atomic E-state index is 1.23. The Kier molecular flexibility index (Phi) is 5.07. The fourth-order valence-corrected chi connectivity index (χ4v) is 0.542. The van der Waals surface area contributed by atoms with E-state index in [0.29, 0.717) is 0 Å². The molecule has 3 N–H and O–H groups in total. The Hall–Kier alpha value is -0.410. The second kappa shape index (κ2) is 5.27. The maximum absolute atomic E-state index is 8.88. The first-order valence-corrected chi connectivity index (χ1v) is 4.66. The summed E-state index contributed by atoms with van der Waals surface area (Å²) < 4.78 is 8.88. The first-order chi connectivity index (χ1) is 5.00. The van der Waals surface area contributed by atoms with Gasteiger partial charge in [0.2, 0.25) is 0 Å². The SMILES string of the molecule is C1=CCCC=C1.O=P(O)(O)O. The molecule has 4 nitrogen and oxygen atoms in total. The van der Waals surface area contributed by atoms with E-state index >= 15 is 0 Å². The molecule has 0 saturated carbocycles. The third-order valence-corrected chi connectivity index (χ3v) is 0.883. The number of hydrogen-bond acceptors (Lipinski definition) is 1. The maximum Gasteiger partial charge on any atom is 0.466 e. The summed E-state index contributed by atoms with van der Waals surface area (Å²) in [7, 11) is -4.64. The van der Waals surface area contributed by atoms with Gasteiger partial charge in [0.15, 0.2) is 0 Å². The number of rotatable bonds is 0. The first-order valence-electron chi connectivity index (χ1n) is 3.10. The fraction of sp³-hybridized carbons (Fsp3) is 0.333. The van der Waals surface area contributed by atoms with Crippen molar-refractivity contribution in [1.82, 2.24) is 0 Å². The van der Waals surface area contributed by atoms with E-state index in [9.17, 15) is 0 Å². The zero-order chi connectivity index (χ0) is 8.74. The van der Waals surface area contributed by atoms with Gasteiger partial charge in [-0.2, -0.15) is 0 Å². The normalized spacial score (nSPS) is 15.5. The van der Waals surface area contributed by atoms with E-state index < -0.39 is 7.82 Å². The van der Waals surface area contributed by atoms with Crippen LogP contribution in [-0.4, -0.2) is 14.7 Å². The van der Waals surface area contributed by atoms with Gasteiger partial charge in [0.1, 0.15) is 0 Å². The average molecular weight is 178 g/mol. The molecule has 0 aromatic carbocycles. The van der Waals surface area contributed by atoms with Gasteiger partial charge in [-0.3, -0.25) is 0 Å². The van der Waals surface area contributed by atoms with Crippen molar-refractivity contribution in [2.75, 3.05) is 0 Å². The molecule has 0 aliphatic heterocycles. The van der Waals surface area contributed by atoms with Gasteiger partial charge in [-0.05, 0) is 12.8 Å². The van der Waals surface area contributed by atoms with Gasteiger partial charge in [-0.15, -0.1) is 0 Å². The molecule has 0 atom stereocenters. The van der Waals surface area contributed by atoms with Crippen LogP contribution >= 0.6 is 7.82 Å². The average Bonchev–Trinajstić information content (AvgIpc) is 1.88. The minimum Gasteiger partial charge on any atom is -0.303 e. The zero-order valence-electron chi connectivity index (χ0n) is 5.92. The van der Waals surface area contributed by atoms with Crippen molar-refractivity contribution in [2.24, 2.45) is 0 Å². The van der Waals surface area contributed by atoms with Crippen LogP contribution in [0.25, 0.3) is 0 Å². The highest BCUT2D eigenvalue weighted by Gasteiger charge is 2.00. The second-order valence-corrected chi connectivity index (χ2v) is 2.97. The molecule has 64 valence electrons. The number of hydrogen-bond donors (Lipinski definition) is 3. The van der Waals surface area contributed by atoms with Crippen LogP contribution in [0.5, 0.6) is 0 Å². The van der Waals surface area contributed by atoms with E-state index in [2.05, 4.69) is 24.3 Å². The highest BCUT2D eigenvalue weighted by atomic mass is 31.2. The topological polar surface area (TPSA) is 77.8 Å². The molecule has 0 amide bonds. The largest absolute Gasteiger partial charge is 0.466 e. The van der Waals surface area contributed by atoms with Crippen molar-refractivity contribution >= 4 is 7.82 Å². The molecule has 0 fully saturated rings. The number of phosphoric acid groups is 1. The Labute approximate surface area is 65.1 Å². The van der Waals surface area contributed by atoms with Crippen LogP contribution in [0.15, 0.2) is 24.3 Å². The molecule has 0 unspecified atom stereocenters. The lowest BCUT2D eigenvalue weighted by atomic mass is 10.2. The van der Waals surface area contributed by atoms with Gasteiger partial charge in [-0.1, -0.05) is 24.3 Å². The summed E-state index contributed by atoms with van der Waals surface area (Å²) in [6.45, 7) is 0. The van der Waals surface area contributed by atoms with E-state index in [1.807, 2.05) is 0 Å². The van der Waals surface area contributed by atoms with E-state index in [1.165, 1.54) is 12.8 Å². The Morgan fingerprint density at radius 2 is 1.27 bits per heavy atom. The molecule has 1 aliphatic carbocycles. The predicted octanol–water partition coefficient (Wildman–Crippen LogP) is 0.964. The third-order valence-electron chi connectivity index (χ3n) is 0.883. The summed E-state index contributed by atoms with van der Waals surface area (Å²) in [5.74, 6) is 0. The summed E-state index contributed by atoms with van der Waals surface area (Å²) in [5.41, 5.74) is 0. The van der Waals surface area contributed by atoms with Gasteiger partial charge in [-0.25, -0.2) is 4.57 Å². The van der Waals surface area contributed by atoms with Gasteiger partial charge in [0, 0.05) is 0 Å². The van der Waals surface area contributed by atoms with Crippen molar-refractivity contribution in [3.8, 4) is 0 Å². The van der Waals surface area contributed by atoms with Crippen molar-refractivity contribution in [2.45, 2.75) is 12.8 Å². The van der Waals surface area contributed by atoms with Crippen LogP contribution in [-0.2, 0) is 4.57 Å². The van der Waals surface area contributed by atoms with Crippen molar-refractivity contribution in [1.29, 1.82) is 0 Å². The van der Waals surface area contributed by atoms with Crippen LogP contribution in [0.4, 0.5) is 0 Å². The smallest absolute Gasteiger partial charge is 0.303 e. The molecule has 0 bridgehead atoms. The van der Waals surface area contributed by atoms with E-state index in [1.54, 1.807) is 0 Å². The van der Waals surface area contributed by atoms with Crippen molar-refractivity contribution in [3.05, 3.63) is 24.3 Å². The first kappa shape index (κ1) is 10.6. The molecular formula is C6H11O4P. The van der Waals surface area contributed by atoms with Crippen LogP contribution in [0.2, 0.25) is 0 Å². The summed E-state index contributed by atoms with van der Waals surface area (Å²) in [5, 5.41) is 0. The molecule has 11 heavy (non-hydrogen) atoms. The summed E-state index contributed by atoms with van der Waals surface area (Å²) in [4.78, 5) is 21.6. The standard InChI is InChI=1S/C6H8.H3O4P/c1-2-4-6-5-3-1;1-5(2,3)4/h1-4H,5-6H2;(H3,1,2,3,4). The van der Waals surface area contributed by atoms with Gasteiger partial charge in [0.05, 0.1) is 0 Å². The lowest BCUT2D eigenvalue weighted by molar-refractivity contribution is 0.275. The Morgan fingerprint density at radius 1 is 1.00 bits per heavy atom. The van der Waals surface area contributed by atoms with Crippen LogP contribution in [0.3, 0.4) is 0 Å². The van der Waals surface area contributed by atoms with Crippen LogP contribution < -0.4 is 0 Å². The predicted molar refractivity (Wildman–Crippen MR) is 41.8 cm³/mol.